The molecule has 0 fully saturated rings. The van der Waals surface area contributed by atoms with Gasteiger partial charge in [0.2, 0.25) is 0 Å². The third-order valence-electron chi connectivity index (χ3n) is 1.37. The molecule has 0 heterocycles. The van der Waals surface area contributed by atoms with E-state index in [4.69, 9.17) is 5.26 Å². The first-order valence-corrected chi connectivity index (χ1v) is 3.03. The molecule has 0 saturated carbocycles. The fourth-order valence-electron chi connectivity index (χ4n) is 0.799. The molecule has 1 aromatic rings. The Kier molecular flexibility index (Phi) is 2.17. The molecule has 1 aromatic carbocycles. The Morgan fingerprint density at radius 1 is 1.45 bits per heavy atom. The first-order valence-electron chi connectivity index (χ1n) is 3.03. The maximum absolute atomic E-state index is 12.6. The molecule has 0 spiro atoms. The summed E-state index contributed by atoms with van der Waals surface area (Å²) in [7, 11) is 0. The van der Waals surface area contributed by atoms with Crippen molar-refractivity contribution in [1.82, 2.24) is 0 Å². The molecular weight excluding hydrogens is 148 g/mol. The van der Waals surface area contributed by atoms with Gasteiger partial charge in [0.1, 0.15) is 12.5 Å². The Hall–Kier alpha value is -1.43. The van der Waals surface area contributed by atoms with E-state index in [0.717, 1.165) is 6.07 Å². The van der Waals surface area contributed by atoms with E-state index in [1.165, 1.54) is 12.1 Å². The van der Waals surface area contributed by atoms with Gasteiger partial charge in [-0.15, -0.1) is 0 Å². The summed E-state index contributed by atoms with van der Waals surface area (Å²) in [5.74, 6) is -0.661. The Labute approximate surface area is 62.9 Å². The van der Waals surface area contributed by atoms with E-state index in [2.05, 4.69) is 0 Å². The number of rotatable bonds is 1. The summed E-state index contributed by atoms with van der Waals surface area (Å²) in [6.45, 7) is -0.935. The largest absolute Gasteiger partial charge is 0.246 e. The normalized spacial score (nSPS) is 9.18. The molecule has 0 aromatic heterocycles. The maximum atomic E-state index is 12.6. The second-order valence-electron chi connectivity index (χ2n) is 2.01. The zero-order valence-electron chi connectivity index (χ0n) is 5.64. The van der Waals surface area contributed by atoms with Crippen LogP contribution in [0.1, 0.15) is 11.1 Å². The van der Waals surface area contributed by atoms with Gasteiger partial charge in [0.25, 0.3) is 0 Å². The Bertz CT molecular complexity index is 301. The van der Waals surface area contributed by atoms with Crippen LogP contribution in [-0.4, -0.2) is 0 Å². The number of halogens is 2. The van der Waals surface area contributed by atoms with Crippen LogP contribution in [0, 0.1) is 17.1 Å². The van der Waals surface area contributed by atoms with Crippen molar-refractivity contribution in [2.75, 3.05) is 0 Å². The third kappa shape index (κ3) is 1.35. The summed E-state index contributed by atoms with van der Waals surface area (Å²) >= 11 is 0. The van der Waals surface area contributed by atoms with Gasteiger partial charge in [-0.3, -0.25) is 0 Å². The van der Waals surface area contributed by atoms with Crippen molar-refractivity contribution in [1.29, 1.82) is 5.26 Å². The molecule has 0 unspecified atom stereocenters. The van der Waals surface area contributed by atoms with Crippen LogP contribution >= 0.6 is 0 Å². The first kappa shape index (κ1) is 7.67. The van der Waals surface area contributed by atoms with Crippen molar-refractivity contribution in [2.24, 2.45) is 0 Å². The minimum Gasteiger partial charge on any atom is -0.246 e. The highest BCUT2D eigenvalue weighted by molar-refractivity contribution is 5.37. The molecule has 0 amide bonds. The predicted octanol–water partition coefficient (Wildman–Crippen LogP) is 2.17. The van der Waals surface area contributed by atoms with Gasteiger partial charge >= 0.3 is 0 Å². The highest BCUT2D eigenvalue weighted by atomic mass is 19.1. The lowest BCUT2D eigenvalue weighted by molar-refractivity contribution is 0.463. The van der Waals surface area contributed by atoms with Crippen LogP contribution in [0.2, 0.25) is 0 Å². The smallest absolute Gasteiger partial charge is 0.130 e. The molecule has 0 aliphatic rings. The predicted molar refractivity (Wildman–Crippen MR) is 35.9 cm³/mol. The zero-order valence-corrected chi connectivity index (χ0v) is 5.64. The van der Waals surface area contributed by atoms with Crippen LogP contribution in [0.15, 0.2) is 18.2 Å². The monoisotopic (exact) mass is 153 g/mol. The number of hydrogen-bond donors (Lipinski definition) is 0. The van der Waals surface area contributed by atoms with E-state index in [1.54, 1.807) is 6.07 Å². The van der Waals surface area contributed by atoms with E-state index in [-0.39, 0.29) is 11.1 Å². The number of nitrogens with zero attached hydrogens (tertiary/aromatic N) is 1. The lowest BCUT2D eigenvalue weighted by atomic mass is 10.1. The van der Waals surface area contributed by atoms with Crippen LogP contribution in [-0.2, 0) is 6.67 Å². The molecule has 0 bridgehead atoms. The molecule has 3 heteroatoms. The number of hydrogen-bond acceptors (Lipinski definition) is 1. The van der Waals surface area contributed by atoms with Gasteiger partial charge in [0, 0.05) is 5.56 Å². The maximum Gasteiger partial charge on any atom is 0.130 e. The standard InChI is InChI=1S/C8H5F2N/c9-4-7-6(5-11)2-1-3-8(7)10/h1-3H,4H2. The number of alkyl halides is 1. The van der Waals surface area contributed by atoms with Crippen molar-refractivity contribution in [3.05, 3.63) is 35.1 Å². The summed E-state index contributed by atoms with van der Waals surface area (Å²) in [5.41, 5.74) is -0.0949. The van der Waals surface area contributed by atoms with E-state index < -0.39 is 12.5 Å². The Morgan fingerprint density at radius 2 is 2.18 bits per heavy atom. The summed E-state index contributed by atoms with van der Waals surface area (Å²) in [5, 5.41) is 8.39. The first-order chi connectivity index (χ1) is 5.29. The second-order valence-corrected chi connectivity index (χ2v) is 2.01. The van der Waals surface area contributed by atoms with E-state index in [9.17, 15) is 8.78 Å². The fraction of sp³-hybridized carbons (Fsp3) is 0.125. The Balaban J connectivity index is 3.27. The molecule has 1 nitrogen and oxygen atoms in total. The molecule has 1 rings (SSSR count). The van der Waals surface area contributed by atoms with Crippen molar-refractivity contribution < 1.29 is 8.78 Å². The average molecular weight is 153 g/mol. The minimum absolute atomic E-state index is 0.0625. The van der Waals surface area contributed by atoms with Crippen LogP contribution in [0.4, 0.5) is 8.78 Å². The van der Waals surface area contributed by atoms with E-state index >= 15 is 0 Å². The Morgan fingerprint density at radius 3 is 2.64 bits per heavy atom. The molecule has 11 heavy (non-hydrogen) atoms. The molecule has 56 valence electrons. The van der Waals surface area contributed by atoms with E-state index in [0.29, 0.717) is 0 Å². The van der Waals surface area contributed by atoms with Gasteiger partial charge in [0.15, 0.2) is 0 Å². The van der Waals surface area contributed by atoms with Gasteiger partial charge in [-0.05, 0) is 12.1 Å². The zero-order chi connectivity index (χ0) is 8.27. The molecule has 0 N–H and O–H groups in total. The van der Waals surface area contributed by atoms with Crippen LogP contribution in [0.3, 0.4) is 0 Å². The third-order valence-corrected chi connectivity index (χ3v) is 1.37. The van der Waals surface area contributed by atoms with Gasteiger partial charge in [0.05, 0.1) is 11.6 Å². The van der Waals surface area contributed by atoms with Crippen molar-refractivity contribution in [3.63, 3.8) is 0 Å². The average Bonchev–Trinajstić information content (AvgIpc) is 2.04. The van der Waals surface area contributed by atoms with Crippen LogP contribution < -0.4 is 0 Å². The number of benzene rings is 1. The summed E-state index contributed by atoms with van der Waals surface area (Å²) in [6.07, 6.45) is 0. The summed E-state index contributed by atoms with van der Waals surface area (Å²) in [6, 6.07) is 5.61. The van der Waals surface area contributed by atoms with Crippen LogP contribution in [0.25, 0.3) is 0 Å². The SMILES string of the molecule is N#Cc1cccc(F)c1CF. The van der Waals surface area contributed by atoms with Gasteiger partial charge in [-0.1, -0.05) is 6.07 Å². The second kappa shape index (κ2) is 3.11. The quantitative estimate of drug-likeness (QED) is 0.606. The molecule has 0 aliphatic carbocycles. The van der Waals surface area contributed by atoms with Crippen molar-refractivity contribution >= 4 is 0 Å². The highest BCUT2D eigenvalue weighted by Crippen LogP contribution is 2.13. The van der Waals surface area contributed by atoms with Gasteiger partial charge < -0.3 is 0 Å². The fourth-order valence-corrected chi connectivity index (χ4v) is 0.799. The van der Waals surface area contributed by atoms with Crippen molar-refractivity contribution in [3.8, 4) is 6.07 Å². The van der Waals surface area contributed by atoms with Gasteiger partial charge in [-0.25, -0.2) is 8.78 Å². The highest BCUT2D eigenvalue weighted by Gasteiger charge is 2.05. The lowest BCUT2D eigenvalue weighted by Crippen LogP contribution is -1.90. The van der Waals surface area contributed by atoms with Crippen molar-refractivity contribution in [2.45, 2.75) is 6.67 Å². The molecule has 0 radical (unpaired) electrons. The molecular formula is C8H5F2N. The minimum atomic E-state index is -0.935. The topological polar surface area (TPSA) is 23.8 Å². The summed E-state index contributed by atoms with van der Waals surface area (Å²) < 4.78 is 24.7. The summed E-state index contributed by atoms with van der Waals surface area (Å²) in [4.78, 5) is 0. The van der Waals surface area contributed by atoms with Gasteiger partial charge in [-0.2, -0.15) is 5.26 Å². The molecule has 0 aliphatic heterocycles. The number of nitriles is 1. The van der Waals surface area contributed by atoms with E-state index in [1.807, 2.05) is 0 Å². The molecule has 0 saturated heterocycles. The lowest BCUT2D eigenvalue weighted by Gasteiger charge is -1.97. The van der Waals surface area contributed by atoms with Crippen LogP contribution in [0.5, 0.6) is 0 Å². The molecule has 0 atom stereocenters.